The lowest BCUT2D eigenvalue weighted by Gasteiger charge is -2.05. The van der Waals surface area contributed by atoms with Gasteiger partial charge in [-0.05, 0) is 23.8 Å². The Morgan fingerprint density at radius 2 is 2.09 bits per heavy atom. The highest BCUT2D eigenvalue weighted by molar-refractivity contribution is 5.88. The van der Waals surface area contributed by atoms with Gasteiger partial charge in [0, 0.05) is 18.8 Å². The zero-order valence-corrected chi connectivity index (χ0v) is 12.5. The van der Waals surface area contributed by atoms with Gasteiger partial charge in [-0.2, -0.15) is 5.10 Å². The average molecular weight is 320 g/mol. The Bertz CT molecular complexity index is 659. The van der Waals surface area contributed by atoms with Crippen LogP contribution in [-0.4, -0.2) is 28.8 Å². The first-order valence-electron chi connectivity index (χ1n) is 7.53. The van der Waals surface area contributed by atoms with E-state index in [2.05, 4.69) is 27.9 Å². The largest absolute Gasteiger partial charge is 0.338 e. The van der Waals surface area contributed by atoms with Crippen LogP contribution in [-0.2, 0) is 6.54 Å². The number of hydrogen-bond acceptors (Lipinski definition) is 2. The molecule has 2 aromatic rings. The molecular weight excluding hydrogens is 302 g/mol. The lowest BCUT2D eigenvalue weighted by Crippen LogP contribution is -2.30. The molecule has 1 aromatic heterocycles. The molecule has 0 radical (unpaired) electrons. The van der Waals surface area contributed by atoms with Crippen LogP contribution in [0.15, 0.2) is 42.6 Å². The molecular formula is C16H18F2N4O. The fourth-order valence-electron chi connectivity index (χ4n) is 2.64. The third-order valence-corrected chi connectivity index (χ3v) is 3.88. The second kappa shape index (κ2) is 6.76. The van der Waals surface area contributed by atoms with Crippen LogP contribution in [0, 0.1) is 5.92 Å². The molecule has 1 aliphatic rings. The van der Waals surface area contributed by atoms with Gasteiger partial charge in [-0.15, -0.1) is 0 Å². The van der Waals surface area contributed by atoms with Crippen molar-refractivity contribution in [1.29, 1.82) is 0 Å². The lowest BCUT2D eigenvalue weighted by atomic mass is 10.1. The molecule has 2 atom stereocenters. The molecule has 2 amide bonds. The van der Waals surface area contributed by atoms with Gasteiger partial charge < -0.3 is 5.32 Å². The molecule has 1 fully saturated rings. The summed E-state index contributed by atoms with van der Waals surface area (Å²) in [6.45, 7) is 0.104. The summed E-state index contributed by atoms with van der Waals surface area (Å²) in [7, 11) is 0. The average Bonchev–Trinajstić information content (AvgIpc) is 3.19. The predicted molar refractivity (Wildman–Crippen MR) is 82.5 cm³/mol. The summed E-state index contributed by atoms with van der Waals surface area (Å²) in [4.78, 5) is 11.8. The second-order valence-electron chi connectivity index (χ2n) is 5.66. The Morgan fingerprint density at radius 1 is 1.30 bits per heavy atom. The highest BCUT2D eigenvalue weighted by atomic mass is 19.3. The molecule has 1 saturated carbocycles. The third-order valence-electron chi connectivity index (χ3n) is 3.88. The minimum atomic E-state index is -2.47. The molecule has 0 bridgehead atoms. The topological polar surface area (TPSA) is 59.0 Å². The normalized spacial score (nSPS) is 19.6. The summed E-state index contributed by atoms with van der Waals surface area (Å²) in [5.41, 5.74) is 1.30. The number of aromatic nitrogens is 2. The lowest BCUT2D eigenvalue weighted by molar-refractivity contribution is 0.122. The van der Waals surface area contributed by atoms with E-state index in [0.717, 1.165) is 11.1 Å². The quantitative estimate of drug-likeness (QED) is 0.859. The van der Waals surface area contributed by atoms with Gasteiger partial charge in [0.25, 0.3) is 6.43 Å². The van der Waals surface area contributed by atoms with E-state index >= 15 is 0 Å². The Hall–Kier alpha value is -2.44. The molecule has 5 nitrogen and oxygen atoms in total. The van der Waals surface area contributed by atoms with Gasteiger partial charge >= 0.3 is 6.03 Å². The van der Waals surface area contributed by atoms with E-state index in [1.165, 1.54) is 17.8 Å². The maximum atomic E-state index is 12.2. The van der Waals surface area contributed by atoms with Gasteiger partial charge in [-0.3, -0.25) is 10.00 Å². The minimum absolute atomic E-state index is 0.263. The van der Waals surface area contributed by atoms with Crippen molar-refractivity contribution in [1.82, 2.24) is 15.1 Å². The molecule has 1 aliphatic carbocycles. The van der Waals surface area contributed by atoms with Crippen LogP contribution in [0.4, 0.5) is 19.4 Å². The first-order valence-corrected chi connectivity index (χ1v) is 7.53. The number of carbonyl (C=O) groups excluding carboxylic acids is 1. The summed E-state index contributed by atoms with van der Waals surface area (Å²) < 4.78 is 25.6. The van der Waals surface area contributed by atoms with E-state index in [9.17, 15) is 13.6 Å². The Balaban J connectivity index is 1.41. The number of rotatable bonds is 6. The van der Waals surface area contributed by atoms with Crippen LogP contribution in [0.3, 0.4) is 0 Å². The van der Waals surface area contributed by atoms with Crippen molar-refractivity contribution in [3.8, 4) is 0 Å². The van der Waals surface area contributed by atoms with Gasteiger partial charge in [0.2, 0.25) is 0 Å². The number of hydrogen-bond donors (Lipinski definition) is 2. The van der Waals surface area contributed by atoms with Gasteiger partial charge in [0.05, 0.1) is 0 Å². The van der Waals surface area contributed by atoms with E-state index in [0.29, 0.717) is 18.4 Å². The van der Waals surface area contributed by atoms with Gasteiger partial charge in [-0.25, -0.2) is 13.6 Å². The van der Waals surface area contributed by atoms with Crippen molar-refractivity contribution in [2.75, 3.05) is 11.9 Å². The van der Waals surface area contributed by atoms with Crippen molar-refractivity contribution in [3.63, 3.8) is 0 Å². The van der Waals surface area contributed by atoms with E-state index in [1.54, 1.807) is 0 Å². The molecule has 7 heteroatoms. The molecule has 2 N–H and O–H groups in total. The van der Waals surface area contributed by atoms with Crippen LogP contribution < -0.4 is 10.6 Å². The molecule has 122 valence electrons. The van der Waals surface area contributed by atoms with Crippen molar-refractivity contribution in [3.05, 3.63) is 48.2 Å². The minimum Gasteiger partial charge on any atom is -0.338 e. The van der Waals surface area contributed by atoms with E-state index in [4.69, 9.17) is 0 Å². The van der Waals surface area contributed by atoms with Crippen molar-refractivity contribution >= 4 is 11.8 Å². The second-order valence-corrected chi connectivity index (χ2v) is 5.66. The summed E-state index contributed by atoms with van der Waals surface area (Å²) in [5, 5.41) is 9.20. The van der Waals surface area contributed by atoms with E-state index in [1.807, 2.05) is 18.2 Å². The fraction of sp³-hybridized carbons (Fsp3) is 0.375. The number of halogens is 2. The van der Waals surface area contributed by atoms with Crippen molar-refractivity contribution < 1.29 is 13.6 Å². The van der Waals surface area contributed by atoms with Crippen LogP contribution in [0.25, 0.3) is 0 Å². The highest BCUT2D eigenvalue weighted by Gasteiger charge is 2.38. The summed E-state index contributed by atoms with van der Waals surface area (Å²) in [6, 6.07) is 11.3. The van der Waals surface area contributed by atoms with Gasteiger partial charge in [-0.1, -0.05) is 30.3 Å². The molecule has 1 heterocycles. The van der Waals surface area contributed by atoms with Crippen LogP contribution >= 0.6 is 0 Å². The summed E-state index contributed by atoms with van der Waals surface area (Å²) in [6.07, 6.45) is 0.00266. The number of alkyl halides is 2. The van der Waals surface area contributed by atoms with Crippen LogP contribution in [0.2, 0.25) is 0 Å². The van der Waals surface area contributed by atoms with Gasteiger partial charge in [0.1, 0.15) is 6.54 Å². The Morgan fingerprint density at radius 3 is 2.83 bits per heavy atom. The number of urea groups is 1. The number of nitrogens with zero attached hydrogens (tertiary/aromatic N) is 2. The van der Waals surface area contributed by atoms with Crippen molar-refractivity contribution in [2.24, 2.45) is 5.92 Å². The molecule has 0 saturated heterocycles. The maximum absolute atomic E-state index is 12.2. The Labute approximate surface area is 132 Å². The monoisotopic (exact) mass is 320 g/mol. The van der Waals surface area contributed by atoms with E-state index in [-0.39, 0.29) is 11.8 Å². The first-order chi connectivity index (χ1) is 11.1. The smallest absolute Gasteiger partial charge is 0.320 e. The number of benzene rings is 1. The number of amides is 2. The van der Waals surface area contributed by atoms with Crippen LogP contribution in [0.5, 0.6) is 0 Å². The standard InChI is InChI=1S/C16H18F2N4O/c17-14(18)10-22-7-6-15(21-22)20-16(23)19-9-12-8-13(12)11-4-2-1-3-5-11/h1-7,12-14H,8-10H2,(H2,19,20,21,23)/t12-,13-/m0/s1. The fourth-order valence-corrected chi connectivity index (χ4v) is 2.64. The highest BCUT2D eigenvalue weighted by Crippen LogP contribution is 2.46. The SMILES string of the molecule is O=C(NC[C@@H]1C[C@H]1c1ccccc1)Nc1ccn(CC(F)F)n1. The Kier molecular flexibility index (Phi) is 4.55. The molecule has 0 unspecified atom stereocenters. The first kappa shape index (κ1) is 15.5. The summed E-state index contributed by atoms with van der Waals surface area (Å²) in [5.74, 6) is 1.21. The number of carbonyl (C=O) groups is 1. The summed E-state index contributed by atoms with van der Waals surface area (Å²) >= 11 is 0. The molecule has 3 rings (SSSR count). The molecule has 1 aromatic carbocycles. The zero-order chi connectivity index (χ0) is 16.2. The number of nitrogens with one attached hydrogen (secondary N) is 2. The number of anilines is 1. The van der Waals surface area contributed by atoms with Crippen molar-refractivity contribution in [2.45, 2.75) is 25.3 Å². The third kappa shape index (κ3) is 4.28. The molecule has 0 aliphatic heterocycles. The molecule has 0 spiro atoms. The molecule has 23 heavy (non-hydrogen) atoms. The maximum Gasteiger partial charge on any atom is 0.320 e. The van der Waals surface area contributed by atoms with Gasteiger partial charge in [0.15, 0.2) is 5.82 Å². The van der Waals surface area contributed by atoms with E-state index < -0.39 is 13.0 Å². The predicted octanol–water partition coefficient (Wildman–Crippen LogP) is 3.07. The van der Waals surface area contributed by atoms with Crippen LogP contribution in [0.1, 0.15) is 17.9 Å². The zero-order valence-electron chi connectivity index (χ0n) is 12.5.